The van der Waals surface area contributed by atoms with Gasteiger partial charge in [0, 0.05) is 0 Å². The number of hydrogen-bond acceptors (Lipinski definition) is 1. The quantitative estimate of drug-likeness (QED) is 0.733. The molecule has 0 amide bonds. The van der Waals surface area contributed by atoms with E-state index in [4.69, 9.17) is 5.73 Å². The maximum atomic E-state index is 5.72. The fourth-order valence-corrected chi connectivity index (χ4v) is 3.61. The molecular formula is C13H25N. The van der Waals surface area contributed by atoms with Crippen molar-refractivity contribution >= 4 is 0 Å². The molecule has 2 aliphatic carbocycles. The Kier molecular flexibility index (Phi) is 3.16. The van der Waals surface area contributed by atoms with Crippen molar-refractivity contribution in [2.75, 3.05) is 6.54 Å². The third-order valence-electron chi connectivity index (χ3n) is 4.90. The van der Waals surface area contributed by atoms with Crippen LogP contribution in [-0.2, 0) is 0 Å². The topological polar surface area (TPSA) is 26.0 Å². The first kappa shape index (κ1) is 10.5. The summed E-state index contributed by atoms with van der Waals surface area (Å²) in [5.41, 5.74) is 5.72. The highest BCUT2D eigenvalue weighted by Gasteiger charge is 2.39. The zero-order valence-electron chi connectivity index (χ0n) is 9.71. The van der Waals surface area contributed by atoms with E-state index in [-0.39, 0.29) is 0 Å². The number of hydrogen-bond donors (Lipinski definition) is 1. The molecule has 0 aromatic carbocycles. The summed E-state index contributed by atoms with van der Waals surface area (Å²) in [4.78, 5) is 0. The number of nitrogens with two attached hydrogens (primary N) is 1. The van der Waals surface area contributed by atoms with E-state index in [9.17, 15) is 0 Å². The van der Waals surface area contributed by atoms with Gasteiger partial charge in [0.15, 0.2) is 0 Å². The van der Waals surface area contributed by atoms with Crippen LogP contribution in [0.2, 0.25) is 0 Å². The highest BCUT2D eigenvalue weighted by Crippen LogP contribution is 2.50. The summed E-state index contributed by atoms with van der Waals surface area (Å²) in [6.45, 7) is 5.56. The molecule has 0 spiro atoms. The van der Waals surface area contributed by atoms with Crippen LogP contribution in [0.4, 0.5) is 0 Å². The van der Waals surface area contributed by atoms with Gasteiger partial charge in [0.1, 0.15) is 0 Å². The highest BCUT2D eigenvalue weighted by atomic mass is 14.6. The van der Waals surface area contributed by atoms with Gasteiger partial charge in [-0.2, -0.15) is 0 Å². The van der Waals surface area contributed by atoms with Crippen molar-refractivity contribution in [1.82, 2.24) is 0 Å². The molecule has 5 unspecified atom stereocenters. The standard InChI is InChI=1S/C13H25N/c1-9(10(2)8-14)5-13-7-11-3-4-12(13)6-11/h9-13H,3-8,14H2,1-2H3. The molecule has 2 N–H and O–H groups in total. The molecular weight excluding hydrogens is 170 g/mol. The summed E-state index contributed by atoms with van der Waals surface area (Å²) in [6, 6.07) is 0. The van der Waals surface area contributed by atoms with Crippen LogP contribution in [0.15, 0.2) is 0 Å². The van der Waals surface area contributed by atoms with Crippen molar-refractivity contribution in [3.8, 4) is 0 Å². The lowest BCUT2D eigenvalue weighted by Gasteiger charge is -2.27. The van der Waals surface area contributed by atoms with Crippen LogP contribution in [0.3, 0.4) is 0 Å². The lowest BCUT2D eigenvalue weighted by molar-refractivity contribution is 0.239. The molecule has 0 aliphatic heterocycles. The van der Waals surface area contributed by atoms with Gasteiger partial charge in [0.25, 0.3) is 0 Å². The van der Waals surface area contributed by atoms with E-state index >= 15 is 0 Å². The predicted octanol–water partition coefficient (Wildman–Crippen LogP) is 3.04. The molecule has 1 heteroatoms. The van der Waals surface area contributed by atoms with Crippen LogP contribution < -0.4 is 5.73 Å². The van der Waals surface area contributed by atoms with E-state index in [0.29, 0.717) is 5.92 Å². The second kappa shape index (κ2) is 4.22. The monoisotopic (exact) mass is 195 g/mol. The lowest BCUT2D eigenvalue weighted by atomic mass is 9.79. The summed E-state index contributed by atoms with van der Waals surface area (Å²) >= 11 is 0. The zero-order chi connectivity index (χ0) is 10.1. The summed E-state index contributed by atoms with van der Waals surface area (Å²) in [5, 5.41) is 0. The van der Waals surface area contributed by atoms with Crippen molar-refractivity contribution in [3.63, 3.8) is 0 Å². The predicted molar refractivity (Wildman–Crippen MR) is 60.9 cm³/mol. The third-order valence-corrected chi connectivity index (χ3v) is 4.90. The Morgan fingerprint density at radius 1 is 1.14 bits per heavy atom. The van der Waals surface area contributed by atoms with Crippen molar-refractivity contribution in [1.29, 1.82) is 0 Å². The zero-order valence-corrected chi connectivity index (χ0v) is 9.71. The summed E-state index contributed by atoms with van der Waals surface area (Å²) < 4.78 is 0. The van der Waals surface area contributed by atoms with E-state index in [2.05, 4.69) is 13.8 Å². The molecule has 0 aromatic rings. The van der Waals surface area contributed by atoms with Gasteiger partial charge in [-0.25, -0.2) is 0 Å². The average molecular weight is 195 g/mol. The number of fused-ring (bicyclic) bond motifs is 2. The minimum atomic E-state index is 0.717. The maximum Gasteiger partial charge on any atom is -0.00490 e. The minimum Gasteiger partial charge on any atom is -0.330 e. The Bertz CT molecular complexity index is 190. The van der Waals surface area contributed by atoms with Gasteiger partial charge in [-0.3, -0.25) is 0 Å². The normalized spacial score (nSPS) is 40.1. The van der Waals surface area contributed by atoms with Gasteiger partial charge in [-0.15, -0.1) is 0 Å². The van der Waals surface area contributed by atoms with E-state index in [0.717, 1.165) is 30.2 Å². The van der Waals surface area contributed by atoms with Crippen LogP contribution in [-0.4, -0.2) is 6.54 Å². The first-order valence-corrected chi connectivity index (χ1v) is 6.40. The van der Waals surface area contributed by atoms with Crippen molar-refractivity contribution in [2.24, 2.45) is 35.3 Å². The Balaban J connectivity index is 1.80. The average Bonchev–Trinajstić information content (AvgIpc) is 2.77. The van der Waals surface area contributed by atoms with Crippen molar-refractivity contribution in [2.45, 2.75) is 46.0 Å². The van der Waals surface area contributed by atoms with Crippen LogP contribution in [0.5, 0.6) is 0 Å². The molecule has 0 radical (unpaired) electrons. The largest absolute Gasteiger partial charge is 0.330 e. The molecule has 0 heterocycles. The Labute approximate surface area is 88.4 Å². The van der Waals surface area contributed by atoms with E-state index in [1.807, 2.05) is 0 Å². The summed E-state index contributed by atoms with van der Waals surface area (Å²) in [5.74, 6) is 4.80. The van der Waals surface area contributed by atoms with Gasteiger partial charge in [-0.05, 0) is 61.8 Å². The fraction of sp³-hybridized carbons (Fsp3) is 1.00. The Hall–Kier alpha value is -0.0400. The molecule has 0 aromatic heterocycles. The van der Waals surface area contributed by atoms with Gasteiger partial charge in [0.05, 0.1) is 0 Å². The molecule has 5 atom stereocenters. The highest BCUT2D eigenvalue weighted by molar-refractivity contribution is 4.90. The molecule has 2 fully saturated rings. The van der Waals surface area contributed by atoms with Crippen LogP contribution >= 0.6 is 0 Å². The van der Waals surface area contributed by atoms with Gasteiger partial charge < -0.3 is 5.73 Å². The molecule has 2 saturated carbocycles. The second-order valence-electron chi connectivity index (χ2n) is 5.86. The smallest absolute Gasteiger partial charge is 0.00490 e. The maximum absolute atomic E-state index is 5.72. The Morgan fingerprint density at radius 3 is 2.43 bits per heavy atom. The van der Waals surface area contributed by atoms with Gasteiger partial charge in [0.2, 0.25) is 0 Å². The summed E-state index contributed by atoms with van der Waals surface area (Å²) in [6.07, 6.45) is 7.58. The van der Waals surface area contributed by atoms with E-state index < -0.39 is 0 Å². The van der Waals surface area contributed by atoms with Crippen LogP contribution in [0.1, 0.15) is 46.0 Å². The van der Waals surface area contributed by atoms with E-state index in [1.165, 1.54) is 25.7 Å². The van der Waals surface area contributed by atoms with Gasteiger partial charge >= 0.3 is 0 Å². The molecule has 2 bridgehead atoms. The van der Waals surface area contributed by atoms with E-state index in [1.54, 1.807) is 6.42 Å². The molecule has 2 aliphatic rings. The lowest BCUT2D eigenvalue weighted by Crippen LogP contribution is -2.22. The summed E-state index contributed by atoms with van der Waals surface area (Å²) in [7, 11) is 0. The van der Waals surface area contributed by atoms with Gasteiger partial charge in [-0.1, -0.05) is 20.3 Å². The van der Waals surface area contributed by atoms with Crippen molar-refractivity contribution in [3.05, 3.63) is 0 Å². The van der Waals surface area contributed by atoms with Crippen LogP contribution in [0, 0.1) is 29.6 Å². The molecule has 82 valence electrons. The molecule has 1 nitrogen and oxygen atoms in total. The first-order chi connectivity index (χ1) is 6.70. The molecule has 0 saturated heterocycles. The Morgan fingerprint density at radius 2 is 1.93 bits per heavy atom. The van der Waals surface area contributed by atoms with Crippen LogP contribution in [0.25, 0.3) is 0 Å². The van der Waals surface area contributed by atoms with Crippen molar-refractivity contribution < 1.29 is 0 Å². The molecule has 14 heavy (non-hydrogen) atoms. The fourth-order valence-electron chi connectivity index (χ4n) is 3.61. The minimum absolute atomic E-state index is 0.717. The molecule has 2 rings (SSSR count). The third kappa shape index (κ3) is 1.98. The SMILES string of the molecule is CC(CN)C(C)CC1CC2CCC1C2. The number of rotatable bonds is 4. The first-order valence-electron chi connectivity index (χ1n) is 6.40. The second-order valence-corrected chi connectivity index (χ2v) is 5.86.